The molecule has 0 radical (unpaired) electrons. The monoisotopic (exact) mass is 422 g/mol. The van der Waals surface area contributed by atoms with Crippen LogP contribution in [0.15, 0.2) is 67.0 Å². The summed E-state index contributed by atoms with van der Waals surface area (Å²) >= 11 is 0. The van der Waals surface area contributed by atoms with Crippen LogP contribution in [-0.4, -0.2) is 57.5 Å². The number of amides is 1. The first kappa shape index (κ1) is 21.1. The number of benzene rings is 2. The second kappa shape index (κ2) is 9.31. The summed E-state index contributed by atoms with van der Waals surface area (Å²) in [7, 11) is 2.00. The third kappa shape index (κ3) is 4.77. The molecule has 0 N–H and O–H groups in total. The van der Waals surface area contributed by atoms with Crippen LogP contribution in [0, 0.1) is 5.82 Å². The lowest BCUT2D eigenvalue weighted by Gasteiger charge is -2.39. The van der Waals surface area contributed by atoms with Crippen molar-refractivity contribution < 1.29 is 13.9 Å². The van der Waals surface area contributed by atoms with Crippen LogP contribution in [0.1, 0.15) is 24.4 Å². The van der Waals surface area contributed by atoms with Gasteiger partial charge in [-0.2, -0.15) is 0 Å². The molecule has 1 amide bonds. The first-order valence-corrected chi connectivity index (χ1v) is 10.5. The summed E-state index contributed by atoms with van der Waals surface area (Å²) in [6.07, 6.45) is 3.10. The van der Waals surface area contributed by atoms with E-state index in [9.17, 15) is 9.18 Å². The van der Waals surface area contributed by atoms with Gasteiger partial charge in [-0.3, -0.25) is 9.69 Å². The summed E-state index contributed by atoms with van der Waals surface area (Å²) in [5.74, 6) is 0.872. The van der Waals surface area contributed by atoms with Crippen LogP contribution >= 0.6 is 0 Å². The number of aromatic nitrogens is 2. The van der Waals surface area contributed by atoms with E-state index >= 15 is 0 Å². The van der Waals surface area contributed by atoms with Crippen LogP contribution in [0.25, 0.3) is 0 Å². The predicted octanol–water partition coefficient (Wildman–Crippen LogP) is 3.26. The summed E-state index contributed by atoms with van der Waals surface area (Å²) in [4.78, 5) is 21.7. The minimum atomic E-state index is -0.673. The van der Waals surface area contributed by atoms with Crippen LogP contribution in [-0.2, 0) is 11.8 Å². The van der Waals surface area contributed by atoms with E-state index in [-0.39, 0.29) is 17.8 Å². The number of rotatable bonds is 6. The van der Waals surface area contributed by atoms with Crippen LogP contribution < -0.4 is 4.74 Å². The van der Waals surface area contributed by atoms with E-state index in [1.807, 2.05) is 47.1 Å². The van der Waals surface area contributed by atoms with E-state index in [1.54, 1.807) is 19.1 Å². The molecule has 0 saturated carbocycles. The Morgan fingerprint density at radius 3 is 2.45 bits per heavy atom. The molecule has 4 rings (SSSR count). The van der Waals surface area contributed by atoms with E-state index in [4.69, 9.17) is 4.74 Å². The van der Waals surface area contributed by atoms with Crippen LogP contribution in [0.3, 0.4) is 0 Å². The molecular formula is C24H27FN4O2. The van der Waals surface area contributed by atoms with Crippen LogP contribution in [0.4, 0.5) is 4.39 Å². The van der Waals surface area contributed by atoms with Gasteiger partial charge in [0.15, 0.2) is 6.10 Å². The molecule has 1 aliphatic rings. The molecule has 0 unspecified atom stereocenters. The van der Waals surface area contributed by atoms with Crippen molar-refractivity contribution in [3.8, 4) is 5.75 Å². The highest BCUT2D eigenvalue weighted by atomic mass is 19.1. The van der Waals surface area contributed by atoms with Gasteiger partial charge in [0, 0.05) is 51.7 Å². The summed E-state index contributed by atoms with van der Waals surface area (Å²) in [6, 6.07) is 16.2. The second-order valence-corrected chi connectivity index (χ2v) is 7.79. The number of nitrogens with zero attached hydrogens (tertiary/aromatic N) is 4. The van der Waals surface area contributed by atoms with Crippen molar-refractivity contribution in [2.45, 2.75) is 19.1 Å². The van der Waals surface area contributed by atoms with Crippen LogP contribution in [0.5, 0.6) is 5.75 Å². The van der Waals surface area contributed by atoms with Gasteiger partial charge in [-0.25, -0.2) is 9.37 Å². The first-order valence-electron chi connectivity index (χ1n) is 10.5. The quantitative estimate of drug-likeness (QED) is 0.612. The van der Waals surface area contributed by atoms with E-state index in [1.165, 1.54) is 17.7 Å². The highest BCUT2D eigenvalue weighted by Gasteiger charge is 2.32. The number of hydrogen-bond donors (Lipinski definition) is 0. The van der Waals surface area contributed by atoms with Gasteiger partial charge in [0.25, 0.3) is 5.91 Å². The third-order valence-corrected chi connectivity index (χ3v) is 5.67. The van der Waals surface area contributed by atoms with E-state index in [0.29, 0.717) is 18.8 Å². The molecule has 1 aliphatic heterocycles. The fourth-order valence-corrected chi connectivity index (χ4v) is 4.05. The highest BCUT2D eigenvalue weighted by molar-refractivity contribution is 5.81. The van der Waals surface area contributed by atoms with Gasteiger partial charge in [-0.15, -0.1) is 0 Å². The molecule has 162 valence electrons. The van der Waals surface area contributed by atoms with Crippen molar-refractivity contribution in [1.29, 1.82) is 0 Å². The molecule has 0 bridgehead atoms. The van der Waals surface area contributed by atoms with Gasteiger partial charge >= 0.3 is 0 Å². The van der Waals surface area contributed by atoms with E-state index < -0.39 is 6.10 Å². The zero-order valence-electron chi connectivity index (χ0n) is 17.8. The molecule has 1 saturated heterocycles. The molecule has 3 aromatic rings. The molecule has 2 atom stereocenters. The maximum absolute atomic E-state index is 13.4. The Balaban J connectivity index is 1.43. The molecule has 6 nitrogen and oxygen atoms in total. The average Bonchev–Trinajstić information content (AvgIpc) is 3.20. The van der Waals surface area contributed by atoms with Gasteiger partial charge in [0.05, 0.1) is 6.04 Å². The van der Waals surface area contributed by atoms with Gasteiger partial charge < -0.3 is 14.2 Å². The number of ether oxygens (including phenoxy) is 1. The number of halogens is 1. The Hall–Kier alpha value is -3.19. The van der Waals surface area contributed by atoms with Gasteiger partial charge in [-0.1, -0.05) is 36.4 Å². The Morgan fingerprint density at radius 1 is 1.06 bits per heavy atom. The lowest BCUT2D eigenvalue weighted by Crippen LogP contribution is -2.52. The maximum Gasteiger partial charge on any atom is 0.263 e. The molecule has 2 aromatic carbocycles. The SMILES string of the molecule is C[C@@H](Oc1cccc(F)c1)C(=O)N1CCN([C@H](c2ccccc2)c2nccn2C)CC1. The minimum absolute atomic E-state index is 0.0272. The molecule has 2 heterocycles. The Morgan fingerprint density at radius 2 is 1.81 bits per heavy atom. The van der Waals surface area contributed by atoms with Gasteiger partial charge in [0.1, 0.15) is 17.4 Å². The van der Waals surface area contributed by atoms with Crippen LogP contribution in [0.2, 0.25) is 0 Å². The lowest BCUT2D eigenvalue weighted by molar-refractivity contribution is -0.140. The number of hydrogen-bond acceptors (Lipinski definition) is 4. The lowest BCUT2D eigenvalue weighted by atomic mass is 10.0. The molecule has 7 heteroatoms. The van der Waals surface area contributed by atoms with E-state index in [0.717, 1.165) is 18.9 Å². The predicted molar refractivity (Wildman–Crippen MR) is 116 cm³/mol. The van der Waals surface area contributed by atoms with E-state index in [2.05, 4.69) is 22.0 Å². The highest BCUT2D eigenvalue weighted by Crippen LogP contribution is 2.28. The average molecular weight is 423 g/mol. The van der Waals surface area contributed by atoms with Crippen molar-refractivity contribution >= 4 is 5.91 Å². The topological polar surface area (TPSA) is 50.6 Å². The number of piperazine rings is 1. The number of carbonyl (C=O) groups is 1. The van der Waals surface area contributed by atoms with Crippen molar-refractivity contribution in [3.05, 3.63) is 84.2 Å². The molecule has 0 aliphatic carbocycles. The summed E-state index contributed by atoms with van der Waals surface area (Å²) in [6.45, 7) is 4.36. The zero-order valence-corrected chi connectivity index (χ0v) is 17.8. The smallest absolute Gasteiger partial charge is 0.263 e. The summed E-state index contributed by atoms with van der Waals surface area (Å²) in [5.41, 5.74) is 1.18. The third-order valence-electron chi connectivity index (χ3n) is 5.67. The fraction of sp³-hybridized carbons (Fsp3) is 0.333. The van der Waals surface area contributed by atoms with Crippen molar-refractivity contribution in [2.24, 2.45) is 7.05 Å². The Kier molecular flexibility index (Phi) is 6.32. The molecule has 1 fully saturated rings. The normalized spacial score (nSPS) is 16.7. The standard InChI is InChI=1S/C24H27FN4O2/c1-18(31-21-10-6-9-20(25)17-21)24(30)29-15-13-28(14-16-29)22(19-7-4-3-5-8-19)23-26-11-12-27(23)2/h3-12,17-18,22H,13-16H2,1-2H3/t18-,22-/m1/s1. The maximum atomic E-state index is 13.4. The van der Waals surface area contributed by atoms with Crippen molar-refractivity contribution in [3.63, 3.8) is 0 Å². The largest absolute Gasteiger partial charge is 0.481 e. The zero-order chi connectivity index (χ0) is 21.8. The number of imidazole rings is 1. The van der Waals surface area contributed by atoms with Crippen molar-refractivity contribution in [2.75, 3.05) is 26.2 Å². The van der Waals surface area contributed by atoms with Crippen molar-refractivity contribution in [1.82, 2.24) is 19.4 Å². The Labute approximate surface area is 181 Å². The van der Waals surface area contributed by atoms with Gasteiger partial charge in [-0.05, 0) is 24.6 Å². The Bertz CT molecular complexity index is 1020. The molecular weight excluding hydrogens is 395 g/mol. The second-order valence-electron chi connectivity index (χ2n) is 7.79. The van der Waals surface area contributed by atoms with Gasteiger partial charge in [0.2, 0.25) is 0 Å². The molecule has 1 aromatic heterocycles. The first-order chi connectivity index (χ1) is 15.0. The fourth-order valence-electron chi connectivity index (χ4n) is 4.05. The molecule has 0 spiro atoms. The number of aryl methyl sites for hydroxylation is 1. The molecule has 31 heavy (non-hydrogen) atoms. The minimum Gasteiger partial charge on any atom is -0.481 e. The summed E-state index contributed by atoms with van der Waals surface area (Å²) < 4.78 is 21.1. The summed E-state index contributed by atoms with van der Waals surface area (Å²) in [5, 5.41) is 0. The number of carbonyl (C=O) groups excluding carboxylic acids is 1.